The fraction of sp³-hybridized carbons (Fsp3) is 0.0556. The van der Waals surface area contributed by atoms with Gasteiger partial charge in [-0.15, -0.1) is 0 Å². The first-order chi connectivity index (χ1) is 12.9. The molecular weight excluding hydrogens is 362 g/mol. The number of alkyl halides is 3. The summed E-state index contributed by atoms with van der Waals surface area (Å²) in [6.07, 6.45) is -1.49. The van der Waals surface area contributed by atoms with E-state index in [-0.39, 0.29) is 0 Å². The largest absolute Gasteiger partial charge is 0.416 e. The van der Waals surface area contributed by atoms with Crippen molar-refractivity contribution in [1.29, 1.82) is 0 Å². The Hall–Kier alpha value is -3.49. The number of imidazole rings is 1. The summed E-state index contributed by atoms with van der Waals surface area (Å²) >= 11 is 0. The van der Waals surface area contributed by atoms with Crippen molar-refractivity contribution in [3.05, 3.63) is 66.4 Å². The molecule has 0 atom stereocenters. The summed E-state index contributed by atoms with van der Waals surface area (Å²) in [5, 5.41) is 3.03. The van der Waals surface area contributed by atoms with Crippen LogP contribution >= 0.6 is 0 Å². The molecule has 0 radical (unpaired) electrons. The molecule has 9 heteroatoms. The highest BCUT2D eigenvalue weighted by molar-refractivity contribution is 5.79. The van der Waals surface area contributed by atoms with E-state index < -0.39 is 17.7 Å². The van der Waals surface area contributed by atoms with Crippen LogP contribution in [0, 0.1) is 5.95 Å². The number of aromatic amines is 1. The number of anilines is 2. The molecule has 0 saturated carbocycles. The van der Waals surface area contributed by atoms with Gasteiger partial charge >= 0.3 is 6.18 Å². The minimum absolute atomic E-state index is 0.409. The maximum absolute atomic E-state index is 12.9. The van der Waals surface area contributed by atoms with Gasteiger partial charge in [-0.25, -0.2) is 15.0 Å². The molecular formula is C18H11F4N5. The molecule has 136 valence electrons. The van der Waals surface area contributed by atoms with Crippen molar-refractivity contribution in [3.63, 3.8) is 0 Å². The number of aromatic nitrogens is 4. The third kappa shape index (κ3) is 3.57. The Kier molecular flexibility index (Phi) is 3.98. The van der Waals surface area contributed by atoms with Crippen LogP contribution in [0.25, 0.3) is 22.6 Å². The zero-order valence-corrected chi connectivity index (χ0v) is 13.5. The molecule has 2 N–H and O–H groups in total. The Morgan fingerprint density at radius 2 is 1.63 bits per heavy atom. The highest BCUT2D eigenvalue weighted by Crippen LogP contribution is 2.31. The van der Waals surface area contributed by atoms with Gasteiger partial charge in [0.15, 0.2) is 5.65 Å². The van der Waals surface area contributed by atoms with Gasteiger partial charge in [0.25, 0.3) is 0 Å². The second kappa shape index (κ2) is 6.35. The lowest BCUT2D eigenvalue weighted by molar-refractivity contribution is -0.137. The van der Waals surface area contributed by atoms with Crippen LogP contribution in [0.2, 0.25) is 0 Å². The van der Waals surface area contributed by atoms with Crippen LogP contribution < -0.4 is 5.32 Å². The molecule has 4 aromatic rings. The number of benzene rings is 1. The molecule has 0 aliphatic carbocycles. The fourth-order valence-electron chi connectivity index (χ4n) is 2.54. The Morgan fingerprint density at radius 3 is 2.30 bits per heavy atom. The van der Waals surface area contributed by atoms with Crippen molar-refractivity contribution in [2.45, 2.75) is 6.18 Å². The van der Waals surface area contributed by atoms with Crippen molar-refractivity contribution >= 4 is 22.5 Å². The number of nitrogens with zero attached hydrogens (tertiary/aromatic N) is 3. The van der Waals surface area contributed by atoms with Gasteiger partial charge in [0.05, 0.1) is 34.8 Å². The number of fused-ring (bicyclic) bond motifs is 1. The van der Waals surface area contributed by atoms with Crippen molar-refractivity contribution in [2.75, 3.05) is 5.32 Å². The lowest BCUT2D eigenvalue weighted by atomic mass is 10.1. The predicted octanol–water partition coefficient (Wildman–Crippen LogP) is 4.92. The molecule has 0 saturated heterocycles. The first kappa shape index (κ1) is 17.0. The number of hydrogen-bond donors (Lipinski definition) is 2. The van der Waals surface area contributed by atoms with Crippen LogP contribution in [0.15, 0.2) is 54.9 Å². The number of hydrogen-bond acceptors (Lipinski definition) is 4. The maximum atomic E-state index is 12.9. The minimum Gasteiger partial charge on any atom is -0.353 e. The Bertz CT molecular complexity index is 1090. The van der Waals surface area contributed by atoms with E-state index in [0.29, 0.717) is 33.9 Å². The monoisotopic (exact) mass is 373 g/mol. The minimum atomic E-state index is -4.39. The molecule has 0 amide bonds. The van der Waals surface area contributed by atoms with Gasteiger partial charge in [0.2, 0.25) is 5.95 Å². The lowest BCUT2D eigenvalue weighted by Gasteiger charge is -2.06. The van der Waals surface area contributed by atoms with E-state index in [4.69, 9.17) is 0 Å². The van der Waals surface area contributed by atoms with E-state index in [1.807, 2.05) is 0 Å². The van der Waals surface area contributed by atoms with Crippen molar-refractivity contribution in [2.24, 2.45) is 0 Å². The zero-order chi connectivity index (χ0) is 19.0. The molecule has 1 aromatic carbocycles. The molecule has 0 unspecified atom stereocenters. The highest BCUT2D eigenvalue weighted by atomic mass is 19.4. The summed E-state index contributed by atoms with van der Waals surface area (Å²) in [5.74, 6) is -0.171. The average Bonchev–Trinajstić information content (AvgIpc) is 3.06. The standard InChI is InChI=1S/C18H11F4N5/c19-15-6-5-12(8-23-15)25-13-7-14-17(24-9-13)27-16(26-14)10-1-3-11(4-2-10)18(20,21)22/h1-9,25H,(H,24,26,27). The molecule has 0 aliphatic heterocycles. The molecule has 0 spiro atoms. The predicted molar refractivity (Wildman–Crippen MR) is 91.8 cm³/mol. The van der Waals surface area contributed by atoms with E-state index in [2.05, 4.69) is 25.3 Å². The topological polar surface area (TPSA) is 66.5 Å². The lowest BCUT2D eigenvalue weighted by Crippen LogP contribution is -2.04. The summed E-state index contributed by atoms with van der Waals surface area (Å²) < 4.78 is 50.9. The maximum Gasteiger partial charge on any atom is 0.416 e. The molecule has 3 heterocycles. The average molecular weight is 373 g/mol. The second-order valence-corrected chi connectivity index (χ2v) is 5.75. The molecule has 4 rings (SSSR count). The van der Waals surface area contributed by atoms with Gasteiger partial charge in [-0.2, -0.15) is 17.6 Å². The van der Waals surface area contributed by atoms with Crippen LogP contribution in [0.5, 0.6) is 0 Å². The summed E-state index contributed by atoms with van der Waals surface area (Å²) in [7, 11) is 0. The van der Waals surface area contributed by atoms with Crippen LogP contribution in [-0.2, 0) is 6.18 Å². The summed E-state index contributed by atoms with van der Waals surface area (Å²) in [6.45, 7) is 0. The first-order valence-electron chi connectivity index (χ1n) is 7.80. The van der Waals surface area contributed by atoms with Crippen LogP contribution in [0.3, 0.4) is 0 Å². The highest BCUT2D eigenvalue weighted by Gasteiger charge is 2.30. The van der Waals surface area contributed by atoms with Gasteiger partial charge in [-0.3, -0.25) is 0 Å². The third-order valence-corrected chi connectivity index (χ3v) is 3.84. The number of halogens is 4. The molecule has 27 heavy (non-hydrogen) atoms. The number of pyridine rings is 2. The van der Waals surface area contributed by atoms with Crippen molar-refractivity contribution < 1.29 is 17.6 Å². The summed E-state index contributed by atoms with van der Waals surface area (Å²) in [6, 6.07) is 9.22. The summed E-state index contributed by atoms with van der Waals surface area (Å²) in [4.78, 5) is 15.1. The van der Waals surface area contributed by atoms with Crippen LogP contribution in [0.4, 0.5) is 28.9 Å². The van der Waals surface area contributed by atoms with E-state index >= 15 is 0 Å². The third-order valence-electron chi connectivity index (χ3n) is 3.84. The molecule has 0 aliphatic rings. The van der Waals surface area contributed by atoms with Crippen molar-refractivity contribution in [3.8, 4) is 11.4 Å². The Labute approximate surface area is 150 Å². The van der Waals surface area contributed by atoms with Gasteiger partial charge < -0.3 is 10.3 Å². The van der Waals surface area contributed by atoms with E-state index in [1.54, 1.807) is 12.3 Å². The van der Waals surface area contributed by atoms with Gasteiger partial charge in [-0.1, -0.05) is 12.1 Å². The Balaban J connectivity index is 1.61. The fourth-order valence-corrected chi connectivity index (χ4v) is 2.54. The van der Waals surface area contributed by atoms with Gasteiger partial charge in [-0.05, 0) is 30.3 Å². The number of nitrogens with one attached hydrogen (secondary N) is 2. The quantitative estimate of drug-likeness (QED) is 0.395. The Morgan fingerprint density at radius 1 is 0.889 bits per heavy atom. The molecule has 5 nitrogen and oxygen atoms in total. The van der Waals surface area contributed by atoms with Gasteiger partial charge in [0, 0.05) is 5.56 Å². The second-order valence-electron chi connectivity index (χ2n) is 5.75. The van der Waals surface area contributed by atoms with Crippen LogP contribution in [0.1, 0.15) is 5.56 Å². The van der Waals surface area contributed by atoms with E-state index in [0.717, 1.165) is 12.1 Å². The van der Waals surface area contributed by atoms with Crippen molar-refractivity contribution in [1.82, 2.24) is 19.9 Å². The molecule has 3 aromatic heterocycles. The smallest absolute Gasteiger partial charge is 0.353 e. The van der Waals surface area contributed by atoms with E-state index in [9.17, 15) is 17.6 Å². The normalized spacial score (nSPS) is 11.7. The number of rotatable bonds is 3. The van der Waals surface area contributed by atoms with Crippen LogP contribution in [-0.4, -0.2) is 19.9 Å². The number of H-pyrrole nitrogens is 1. The summed E-state index contributed by atoms with van der Waals surface area (Å²) in [5.41, 5.74) is 2.02. The van der Waals surface area contributed by atoms with E-state index in [1.165, 1.54) is 30.5 Å². The molecule has 0 fully saturated rings. The first-order valence-corrected chi connectivity index (χ1v) is 7.80. The van der Waals surface area contributed by atoms with Gasteiger partial charge in [0.1, 0.15) is 5.82 Å². The SMILES string of the molecule is Fc1ccc(Nc2cnc3nc(-c4ccc(C(F)(F)F)cc4)[nH]c3c2)cn1. The molecule has 0 bridgehead atoms. The zero-order valence-electron chi connectivity index (χ0n) is 13.5.